The molecule has 62 valence electrons. The third-order valence-electron chi connectivity index (χ3n) is 1.19. The third-order valence-corrected chi connectivity index (χ3v) is 1.19. The molecular weight excluding hydrogens is 142 g/mol. The van der Waals surface area contributed by atoms with Gasteiger partial charge in [-0.2, -0.15) is 0 Å². The summed E-state index contributed by atoms with van der Waals surface area (Å²) in [5.41, 5.74) is 0.443. The molecule has 0 radical (unpaired) electrons. The zero-order chi connectivity index (χ0) is 8.85. The molecule has 0 aromatic rings. The molecule has 3 nitrogen and oxygen atoms in total. The van der Waals surface area contributed by atoms with Gasteiger partial charge in [0, 0.05) is 12.1 Å². The van der Waals surface area contributed by atoms with Gasteiger partial charge in [0.15, 0.2) is 0 Å². The lowest BCUT2D eigenvalue weighted by Gasteiger charge is -2.15. The summed E-state index contributed by atoms with van der Waals surface area (Å²) in [5.74, 6) is -0.200. The van der Waals surface area contributed by atoms with Crippen LogP contribution in [-0.2, 0) is 4.79 Å². The molecule has 0 saturated carbocycles. The van der Waals surface area contributed by atoms with E-state index in [-0.39, 0.29) is 19.1 Å². The van der Waals surface area contributed by atoms with E-state index in [4.69, 9.17) is 5.11 Å². The third kappa shape index (κ3) is 3.00. The number of hydrogen-bond acceptors (Lipinski definition) is 2. The molecule has 0 rings (SSSR count). The van der Waals surface area contributed by atoms with Crippen molar-refractivity contribution in [3.63, 3.8) is 0 Å². The first-order valence-electron chi connectivity index (χ1n) is 3.33. The largest absolute Gasteiger partial charge is 0.395 e. The molecule has 0 aliphatic carbocycles. The predicted octanol–water partition coefficient (Wildman–Crippen LogP) is 0.527. The van der Waals surface area contributed by atoms with Gasteiger partial charge in [-0.3, -0.25) is 4.79 Å². The first-order chi connectivity index (χ1) is 5.13. The Bertz CT molecular complexity index is 175. The van der Waals surface area contributed by atoms with Gasteiger partial charge in [-0.15, -0.1) is 0 Å². The summed E-state index contributed by atoms with van der Waals surface area (Å²) in [5, 5.41) is 8.53. The van der Waals surface area contributed by atoms with Crippen LogP contribution < -0.4 is 0 Å². The number of hydrogen-bond donors (Lipinski definition) is 1. The molecule has 1 amide bonds. The van der Waals surface area contributed by atoms with Crippen molar-refractivity contribution < 1.29 is 9.90 Å². The normalized spacial score (nSPS) is 8.91. The summed E-state index contributed by atoms with van der Waals surface area (Å²) in [4.78, 5) is 12.4. The average Bonchev–Trinajstić information content (AvgIpc) is 1.98. The second kappa shape index (κ2) is 4.68. The van der Waals surface area contributed by atoms with Crippen LogP contribution in [0, 0.1) is 0 Å². The van der Waals surface area contributed by atoms with E-state index in [2.05, 4.69) is 13.2 Å². The second-order valence-corrected chi connectivity index (χ2v) is 2.19. The molecule has 1 N–H and O–H groups in total. The first-order valence-corrected chi connectivity index (χ1v) is 3.33. The maximum atomic E-state index is 11.1. The van der Waals surface area contributed by atoms with Crippen LogP contribution in [0.5, 0.6) is 0 Å². The van der Waals surface area contributed by atoms with E-state index in [0.717, 1.165) is 0 Å². The molecule has 0 aromatic heterocycles. The molecule has 0 aliphatic rings. The van der Waals surface area contributed by atoms with Crippen molar-refractivity contribution in [3.05, 3.63) is 24.9 Å². The van der Waals surface area contributed by atoms with Gasteiger partial charge in [0.1, 0.15) is 0 Å². The Morgan fingerprint density at radius 3 is 2.55 bits per heavy atom. The maximum absolute atomic E-state index is 11.1. The van der Waals surface area contributed by atoms with Crippen LogP contribution in [-0.4, -0.2) is 29.1 Å². The van der Waals surface area contributed by atoms with Gasteiger partial charge in [0.2, 0.25) is 0 Å². The van der Waals surface area contributed by atoms with Gasteiger partial charge in [-0.25, -0.2) is 0 Å². The highest BCUT2D eigenvalue weighted by atomic mass is 16.3. The number of amides is 1. The standard InChI is InChI=1S/C8H13NO2/c1-4-9(5-6-10)8(11)7(2)3/h4,10H,1-2,5-6H2,3H3. The zero-order valence-electron chi connectivity index (χ0n) is 6.71. The molecule has 3 heteroatoms. The Hall–Kier alpha value is -1.09. The molecular formula is C8H13NO2. The van der Waals surface area contributed by atoms with Crippen molar-refractivity contribution in [3.8, 4) is 0 Å². The fourth-order valence-corrected chi connectivity index (χ4v) is 0.629. The highest BCUT2D eigenvalue weighted by Gasteiger charge is 2.08. The first kappa shape index (κ1) is 9.91. The van der Waals surface area contributed by atoms with E-state index in [0.29, 0.717) is 5.57 Å². The molecule has 11 heavy (non-hydrogen) atoms. The summed E-state index contributed by atoms with van der Waals surface area (Å²) < 4.78 is 0. The van der Waals surface area contributed by atoms with Crippen LogP contribution in [0.25, 0.3) is 0 Å². The molecule has 0 fully saturated rings. The minimum Gasteiger partial charge on any atom is -0.395 e. The van der Waals surface area contributed by atoms with Crippen LogP contribution in [0.1, 0.15) is 6.92 Å². The predicted molar refractivity (Wildman–Crippen MR) is 43.8 cm³/mol. The molecule has 0 unspecified atom stereocenters. The molecule has 0 saturated heterocycles. The summed E-state index contributed by atoms with van der Waals surface area (Å²) in [6.07, 6.45) is 1.38. The van der Waals surface area contributed by atoms with Gasteiger partial charge in [0.25, 0.3) is 5.91 Å². The van der Waals surface area contributed by atoms with Gasteiger partial charge in [0.05, 0.1) is 6.61 Å². The molecule has 0 spiro atoms. The smallest absolute Gasteiger partial charge is 0.252 e. The van der Waals surface area contributed by atoms with E-state index < -0.39 is 0 Å². The summed E-state index contributed by atoms with van der Waals surface area (Å²) >= 11 is 0. The number of carbonyl (C=O) groups is 1. The monoisotopic (exact) mass is 155 g/mol. The van der Waals surface area contributed by atoms with E-state index in [1.54, 1.807) is 6.92 Å². The number of aliphatic hydroxyl groups is 1. The van der Waals surface area contributed by atoms with E-state index in [1.165, 1.54) is 11.1 Å². The van der Waals surface area contributed by atoms with Crippen LogP contribution in [0.4, 0.5) is 0 Å². The van der Waals surface area contributed by atoms with Crippen molar-refractivity contribution in [1.29, 1.82) is 0 Å². The SMILES string of the molecule is C=CN(CCO)C(=O)C(=C)C. The summed E-state index contributed by atoms with van der Waals surface area (Å²) in [6.45, 7) is 8.75. The Kier molecular flexibility index (Phi) is 4.22. The molecule has 0 aromatic carbocycles. The van der Waals surface area contributed by atoms with Crippen molar-refractivity contribution in [2.75, 3.05) is 13.2 Å². The molecule has 0 heterocycles. The van der Waals surface area contributed by atoms with Crippen molar-refractivity contribution >= 4 is 5.91 Å². The lowest BCUT2D eigenvalue weighted by molar-refractivity contribution is -0.124. The molecule has 0 atom stereocenters. The summed E-state index contributed by atoms with van der Waals surface area (Å²) in [7, 11) is 0. The zero-order valence-corrected chi connectivity index (χ0v) is 6.71. The maximum Gasteiger partial charge on any atom is 0.252 e. The lowest BCUT2D eigenvalue weighted by atomic mass is 10.3. The van der Waals surface area contributed by atoms with Crippen LogP contribution in [0.2, 0.25) is 0 Å². The minimum absolute atomic E-state index is 0.0644. The summed E-state index contributed by atoms with van der Waals surface area (Å²) in [6, 6.07) is 0. The topological polar surface area (TPSA) is 40.5 Å². The lowest BCUT2D eigenvalue weighted by Crippen LogP contribution is -2.28. The van der Waals surface area contributed by atoms with Gasteiger partial charge >= 0.3 is 0 Å². The quantitative estimate of drug-likeness (QED) is 0.601. The van der Waals surface area contributed by atoms with E-state index >= 15 is 0 Å². The molecule has 0 aliphatic heterocycles. The number of rotatable bonds is 4. The van der Waals surface area contributed by atoms with E-state index in [9.17, 15) is 4.79 Å². The van der Waals surface area contributed by atoms with Crippen LogP contribution in [0.15, 0.2) is 24.9 Å². The van der Waals surface area contributed by atoms with Crippen molar-refractivity contribution in [2.45, 2.75) is 6.92 Å². The van der Waals surface area contributed by atoms with Crippen molar-refractivity contribution in [1.82, 2.24) is 4.90 Å². The van der Waals surface area contributed by atoms with Gasteiger partial charge < -0.3 is 10.0 Å². The Morgan fingerprint density at radius 1 is 1.73 bits per heavy atom. The number of aliphatic hydroxyl groups excluding tert-OH is 1. The Balaban J connectivity index is 4.13. The number of nitrogens with zero attached hydrogens (tertiary/aromatic N) is 1. The second-order valence-electron chi connectivity index (χ2n) is 2.19. The van der Waals surface area contributed by atoms with Gasteiger partial charge in [-0.05, 0) is 13.1 Å². The van der Waals surface area contributed by atoms with Gasteiger partial charge in [-0.1, -0.05) is 13.2 Å². The van der Waals surface area contributed by atoms with Crippen molar-refractivity contribution in [2.24, 2.45) is 0 Å². The molecule has 0 bridgehead atoms. The fourth-order valence-electron chi connectivity index (χ4n) is 0.629. The Morgan fingerprint density at radius 2 is 2.27 bits per heavy atom. The van der Waals surface area contributed by atoms with Crippen LogP contribution >= 0.6 is 0 Å². The fraction of sp³-hybridized carbons (Fsp3) is 0.375. The van der Waals surface area contributed by atoms with Crippen LogP contribution in [0.3, 0.4) is 0 Å². The number of carbonyl (C=O) groups excluding carboxylic acids is 1. The highest BCUT2D eigenvalue weighted by molar-refractivity contribution is 5.92. The van der Waals surface area contributed by atoms with E-state index in [1.807, 2.05) is 0 Å². The highest BCUT2D eigenvalue weighted by Crippen LogP contribution is 1.97. The average molecular weight is 155 g/mol. The minimum atomic E-state index is -0.200. The Labute approximate surface area is 66.6 Å².